The number of esters is 1. The third kappa shape index (κ3) is 14.8. The summed E-state index contributed by atoms with van der Waals surface area (Å²) < 4.78 is 5.18. The van der Waals surface area contributed by atoms with Gasteiger partial charge in [-0.1, -0.05) is 60.0 Å². The number of carbonyl (C=O) groups is 1. The molecule has 0 aromatic rings. The molecule has 122 valence electrons. The summed E-state index contributed by atoms with van der Waals surface area (Å²) in [6.07, 6.45) is 7.82. The van der Waals surface area contributed by atoms with E-state index in [2.05, 4.69) is 34.3 Å². The summed E-state index contributed by atoms with van der Waals surface area (Å²) in [5, 5.41) is 0. The minimum Gasteiger partial charge on any atom is -0.462 e. The molecule has 4 nitrogen and oxygen atoms in total. The van der Waals surface area contributed by atoms with Crippen LogP contribution in [-0.4, -0.2) is 18.7 Å². The Balaban J connectivity index is 0. The summed E-state index contributed by atoms with van der Waals surface area (Å²) in [6.45, 7) is 13.1. The molecule has 0 saturated heterocycles. The molecule has 0 unspecified atom stereocenters. The molecule has 0 amide bonds. The van der Waals surface area contributed by atoms with Gasteiger partial charge in [0.1, 0.15) is 0 Å². The SMILES string of the molecule is C=C(CC(C)(C)CCCCC)C(=O)OCCCC.O=C=O. The van der Waals surface area contributed by atoms with E-state index in [4.69, 9.17) is 14.3 Å². The number of carbonyl (C=O) groups excluding carboxylic acids is 3. The van der Waals surface area contributed by atoms with Gasteiger partial charge in [-0.05, 0) is 24.7 Å². The molecule has 0 aliphatic heterocycles. The highest BCUT2D eigenvalue weighted by Gasteiger charge is 2.22. The molecular weight excluding hydrogens is 268 g/mol. The second kappa shape index (κ2) is 13.6. The average molecular weight is 298 g/mol. The fourth-order valence-corrected chi connectivity index (χ4v) is 2.00. The van der Waals surface area contributed by atoms with E-state index < -0.39 is 0 Å². The summed E-state index contributed by atoms with van der Waals surface area (Å²) >= 11 is 0. The number of hydrogen-bond donors (Lipinski definition) is 0. The van der Waals surface area contributed by atoms with E-state index in [9.17, 15) is 4.79 Å². The van der Waals surface area contributed by atoms with Crippen molar-refractivity contribution in [1.82, 2.24) is 0 Å². The first-order valence-electron chi connectivity index (χ1n) is 7.68. The molecule has 0 aromatic heterocycles. The van der Waals surface area contributed by atoms with Crippen LogP contribution in [0.2, 0.25) is 0 Å². The minimum atomic E-state index is -0.216. The van der Waals surface area contributed by atoms with E-state index in [1.54, 1.807) is 0 Å². The van der Waals surface area contributed by atoms with Crippen molar-refractivity contribution in [3.05, 3.63) is 12.2 Å². The predicted molar refractivity (Wildman–Crippen MR) is 82.6 cm³/mol. The molecule has 21 heavy (non-hydrogen) atoms. The van der Waals surface area contributed by atoms with E-state index in [-0.39, 0.29) is 17.5 Å². The maximum Gasteiger partial charge on any atom is 0.373 e. The molecule has 0 bridgehead atoms. The highest BCUT2D eigenvalue weighted by atomic mass is 16.5. The van der Waals surface area contributed by atoms with E-state index in [1.807, 2.05) is 0 Å². The number of unbranched alkanes of at least 4 members (excludes halogenated alkanes) is 3. The van der Waals surface area contributed by atoms with E-state index in [0.717, 1.165) is 25.7 Å². The molecule has 0 radical (unpaired) electrons. The predicted octanol–water partition coefficient (Wildman–Crippen LogP) is 4.30. The molecule has 0 saturated carbocycles. The van der Waals surface area contributed by atoms with Crippen LogP contribution in [0, 0.1) is 5.41 Å². The number of ether oxygens (including phenoxy) is 1. The van der Waals surface area contributed by atoms with Crippen LogP contribution in [0.3, 0.4) is 0 Å². The van der Waals surface area contributed by atoms with Gasteiger partial charge in [-0.15, -0.1) is 0 Å². The molecule has 0 rings (SSSR count). The monoisotopic (exact) mass is 298 g/mol. The van der Waals surface area contributed by atoms with Gasteiger partial charge in [0.25, 0.3) is 0 Å². The second-order valence-electron chi connectivity index (χ2n) is 5.97. The Hall–Kier alpha value is -1.41. The van der Waals surface area contributed by atoms with Crippen LogP contribution >= 0.6 is 0 Å². The lowest BCUT2D eigenvalue weighted by Gasteiger charge is -2.25. The highest BCUT2D eigenvalue weighted by molar-refractivity contribution is 5.87. The molecule has 0 aliphatic rings. The largest absolute Gasteiger partial charge is 0.462 e. The minimum absolute atomic E-state index is 0.149. The Bertz CT molecular complexity index is 326. The zero-order valence-electron chi connectivity index (χ0n) is 14.0. The molecule has 0 aliphatic carbocycles. The normalized spacial score (nSPS) is 10.1. The molecule has 4 heteroatoms. The van der Waals surface area contributed by atoms with Gasteiger partial charge in [-0.2, -0.15) is 9.59 Å². The van der Waals surface area contributed by atoms with Crippen molar-refractivity contribution in [3.8, 4) is 0 Å². The molecule has 0 atom stereocenters. The van der Waals surface area contributed by atoms with Crippen molar-refractivity contribution in [2.24, 2.45) is 5.41 Å². The van der Waals surface area contributed by atoms with Crippen molar-refractivity contribution in [2.75, 3.05) is 6.61 Å². The van der Waals surface area contributed by atoms with Crippen LogP contribution in [0.25, 0.3) is 0 Å². The van der Waals surface area contributed by atoms with Crippen LogP contribution in [0.5, 0.6) is 0 Å². The zero-order chi connectivity index (χ0) is 16.7. The van der Waals surface area contributed by atoms with Crippen molar-refractivity contribution in [2.45, 2.75) is 72.6 Å². The molecule has 0 aromatic carbocycles. The fourth-order valence-electron chi connectivity index (χ4n) is 2.00. The van der Waals surface area contributed by atoms with Crippen molar-refractivity contribution in [1.29, 1.82) is 0 Å². The van der Waals surface area contributed by atoms with Crippen LogP contribution in [-0.2, 0) is 19.1 Å². The van der Waals surface area contributed by atoms with Gasteiger partial charge in [-0.25, -0.2) is 4.79 Å². The Morgan fingerprint density at radius 3 is 2.10 bits per heavy atom. The van der Waals surface area contributed by atoms with E-state index in [1.165, 1.54) is 19.3 Å². The summed E-state index contributed by atoms with van der Waals surface area (Å²) in [6, 6.07) is 0. The Kier molecular flexibility index (Phi) is 14.1. The van der Waals surface area contributed by atoms with Gasteiger partial charge < -0.3 is 4.74 Å². The van der Waals surface area contributed by atoms with Crippen LogP contribution in [0.15, 0.2) is 12.2 Å². The van der Waals surface area contributed by atoms with Crippen LogP contribution in [0.1, 0.15) is 72.6 Å². The smallest absolute Gasteiger partial charge is 0.373 e. The zero-order valence-corrected chi connectivity index (χ0v) is 14.0. The van der Waals surface area contributed by atoms with Crippen molar-refractivity contribution >= 4 is 12.1 Å². The van der Waals surface area contributed by atoms with Gasteiger partial charge in [-0.3, -0.25) is 0 Å². The maximum atomic E-state index is 11.7. The van der Waals surface area contributed by atoms with E-state index in [0.29, 0.717) is 12.2 Å². The lowest BCUT2D eigenvalue weighted by molar-refractivity contribution is -0.191. The second-order valence-corrected chi connectivity index (χ2v) is 5.97. The van der Waals surface area contributed by atoms with Crippen molar-refractivity contribution < 1.29 is 19.1 Å². The van der Waals surface area contributed by atoms with Gasteiger partial charge in [0.15, 0.2) is 0 Å². The molecule has 0 spiro atoms. The summed E-state index contributed by atoms with van der Waals surface area (Å²) in [5.74, 6) is -0.216. The molecular formula is C17H30O4. The third-order valence-corrected chi connectivity index (χ3v) is 3.17. The van der Waals surface area contributed by atoms with Crippen LogP contribution in [0.4, 0.5) is 0 Å². The number of hydrogen-bond acceptors (Lipinski definition) is 4. The van der Waals surface area contributed by atoms with Gasteiger partial charge >= 0.3 is 12.1 Å². The Labute approximate surface area is 128 Å². The Morgan fingerprint density at radius 1 is 1.10 bits per heavy atom. The fraction of sp³-hybridized carbons (Fsp3) is 0.765. The first-order chi connectivity index (χ1) is 9.84. The van der Waals surface area contributed by atoms with Crippen molar-refractivity contribution in [3.63, 3.8) is 0 Å². The number of rotatable bonds is 10. The van der Waals surface area contributed by atoms with Crippen LogP contribution < -0.4 is 0 Å². The average Bonchev–Trinajstić information content (AvgIpc) is 2.39. The quantitative estimate of drug-likeness (QED) is 0.343. The summed E-state index contributed by atoms with van der Waals surface area (Å²) in [4.78, 5) is 28.0. The molecule has 0 fully saturated rings. The maximum absolute atomic E-state index is 11.7. The topological polar surface area (TPSA) is 60.4 Å². The summed E-state index contributed by atoms with van der Waals surface area (Å²) in [7, 11) is 0. The molecule has 0 heterocycles. The Morgan fingerprint density at radius 2 is 1.62 bits per heavy atom. The summed E-state index contributed by atoms with van der Waals surface area (Å²) in [5.41, 5.74) is 0.767. The lowest BCUT2D eigenvalue weighted by Crippen LogP contribution is -2.17. The van der Waals surface area contributed by atoms with E-state index >= 15 is 0 Å². The van der Waals surface area contributed by atoms with Gasteiger partial charge in [0.05, 0.1) is 6.61 Å². The lowest BCUT2D eigenvalue weighted by atomic mass is 9.81. The third-order valence-electron chi connectivity index (χ3n) is 3.17. The van der Waals surface area contributed by atoms with Gasteiger partial charge in [0, 0.05) is 5.57 Å². The highest BCUT2D eigenvalue weighted by Crippen LogP contribution is 2.31. The standard InChI is InChI=1S/C16H30O2.CO2/c1-6-8-10-11-16(4,5)13-14(3)15(17)18-12-9-7-2;2-1-3/h3,6-13H2,1-2,4-5H3;. The molecule has 0 N–H and O–H groups in total. The van der Waals surface area contributed by atoms with Gasteiger partial charge in [0.2, 0.25) is 0 Å². The first-order valence-corrected chi connectivity index (χ1v) is 7.68. The first kappa shape index (κ1) is 21.9.